The molecule has 0 aliphatic rings. The van der Waals surface area contributed by atoms with E-state index in [4.69, 9.17) is 9.47 Å². The molecule has 2 aromatic carbocycles. The highest BCUT2D eigenvalue weighted by Gasteiger charge is 2.30. The van der Waals surface area contributed by atoms with Gasteiger partial charge < -0.3 is 9.47 Å². The smallest absolute Gasteiger partial charge is 0.416 e. The van der Waals surface area contributed by atoms with Crippen LogP contribution in [0.5, 0.6) is 5.75 Å². The molecule has 0 amide bonds. The number of benzene rings is 2. The molecular weight excluding hydrogens is 509 g/mol. The number of allylic oxidation sites excluding steroid dienone is 1. The zero-order valence-electron chi connectivity index (χ0n) is 22.4. The fraction of sp³-hybridized carbons (Fsp3) is 0.387. The van der Waals surface area contributed by atoms with Gasteiger partial charge in [-0.05, 0) is 104 Å². The van der Waals surface area contributed by atoms with Gasteiger partial charge in [-0.3, -0.25) is 0 Å². The Bertz CT molecular complexity index is 1220. The summed E-state index contributed by atoms with van der Waals surface area (Å²) >= 11 is 1.46. The third-order valence-corrected chi connectivity index (χ3v) is 7.53. The van der Waals surface area contributed by atoms with Gasteiger partial charge in [0.05, 0.1) is 12.7 Å². The number of carbonyl (C=O) groups excluding carboxylic acids is 1. The van der Waals surface area contributed by atoms with Crippen molar-refractivity contribution in [1.82, 2.24) is 0 Å². The maximum Gasteiger partial charge on any atom is 0.416 e. The lowest BCUT2D eigenvalue weighted by Gasteiger charge is -2.16. The van der Waals surface area contributed by atoms with Crippen molar-refractivity contribution in [1.29, 1.82) is 0 Å². The number of hydrogen-bond acceptors (Lipinski definition) is 4. The lowest BCUT2D eigenvalue weighted by Crippen LogP contribution is -2.04. The molecule has 1 aromatic heterocycles. The molecule has 0 bridgehead atoms. The SMILES string of the molecule is CCCCCC(=CCCc1ccc(C(=O)OC)s1)COc1cc(C)c(-c2ccc(C(F)(F)F)cc2)c(C)c1. The molecule has 0 aliphatic heterocycles. The second kappa shape index (κ2) is 13.7. The van der Waals surface area contributed by atoms with Crippen molar-refractivity contribution in [2.75, 3.05) is 13.7 Å². The maximum absolute atomic E-state index is 13.0. The summed E-state index contributed by atoms with van der Waals surface area (Å²) in [6.45, 7) is 6.57. The first-order chi connectivity index (χ1) is 18.1. The molecule has 3 rings (SSSR count). The summed E-state index contributed by atoms with van der Waals surface area (Å²) in [4.78, 5) is 13.4. The van der Waals surface area contributed by atoms with Crippen molar-refractivity contribution in [2.24, 2.45) is 0 Å². The molecule has 0 aliphatic carbocycles. The molecule has 0 radical (unpaired) electrons. The minimum Gasteiger partial charge on any atom is -0.489 e. The molecule has 0 saturated carbocycles. The van der Waals surface area contributed by atoms with Gasteiger partial charge in [-0.1, -0.05) is 38.0 Å². The predicted octanol–water partition coefficient (Wildman–Crippen LogP) is 9.36. The molecule has 7 heteroatoms. The first kappa shape index (κ1) is 29.5. The molecule has 3 aromatic rings. The molecule has 0 fully saturated rings. The maximum atomic E-state index is 13.0. The van der Waals surface area contributed by atoms with Crippen LogP contribution in [0.1, 0.15) is 70.3 Å². The number of ether oxygens (including phenoxy) is 2. The Morgan fingerprint density at radius 1 is 1.00 bits per heavy atom. The van der Waals surface area contributed by atoms with Crippen LogP contribution in [-0.4, -0.2) is 19.7 Å². The van der Waals surface area contributed by atoms with Crippen LogP contribution in [0.4, 0.5) is 13.2 Å². The van der Waals surface area contributed by atoms with Gasteiger partial charge in [-0.25, -0.2) is 4.79 Å². The Labute approximate surface area is 227 Å². The van der Waals surface area contributed by atoms with E-state index in [2.05, 4.69) is 13.0 Å². The molecule has 0 saturated heterocycles. The lowest BCUT2D eigenvalue weighted by atomic mass is 9.94. The largest absolute Gasteiger partial charge is 0.489 e. The predicted molar refractivity (Wildman–Crippen MR) is 148 cm³/mol. The van der Waals surface area contributed by atoms with E-state index >= 15 is 0 Å². The van der Waals surface area contributed by atoms with E-state index in [1.807, 2.05) is 32.0 Å². The van der Waals surface area contributed by atoms with Crippen LogP contribution in [0.15, 0.2) is 60.2 Å². The van der Waals surface area contributed by atoms with Crippen molar-refractivity contribution in [3.8, 4) is 16.9 Å². The van der Waals surface area contributed by atoms with Crippen LogP contribution in [0.2, 0.25) is 0 Å². The summed E-state index contributed by atoms with van der Waals surface area (Å²) in [5.74, 6) is 0.443. The van der Waals surface area contributed by atoms with E-state index in [1.54, 1.807) is 6.07 Å². The van der Waals surface area contributed by atoms with Crippen LogP contribution >= 0.6 is 11.3 Å². The van der Waals surface area contributed by atoms with Crippen LogP contribution in [0.3, 0.4) is 0 Å². The van der Waals surface area contributed by atoms with E-state index < -0.39 is 11.7 Å². The van der Waals surface area contributed by atoms with E-state index in [0.29, 0.717) is 11.5 Å². The normalized spacial score (nSPS) is 12.0. The van der Waals surface area contributed by atoms with Gasteiger partial charge in [0.2, 0.25) is 0 Å². The number of aryl methyl sites for hydroxylation is 3. The Balaban J connectivity index is 1.68. The number of thiophene rings is 1. The average Bonchev–Trinajstić information content (AvgIpc) is 3.35. The number of methoxy groups -OCH3 is 1. The summed E-state index contributed by atoms with van der Waals surface area (Å²) < 4.78 is 49.8. The van der Waals surface area contributed by atoms with Gasteiger partial charge in [0.1, 0.15) is 17.2 Å². The number of rotatable bonds is 12. The first-order valence-electron chi connectivity index (χ1n) is 12.9. The Hall–Kier alpha value is -3.06. The molecule has 0 N–H and O–H groups in total. The van der Waals surface area contributed by atoms with E-state index in [9.17, 15) is 18.0 Å². The zero-order chi connectivity index (χ0) is 27.7. The van der Waals surface area contributed by atoms with Crippen molar-refractivity contribution >= 4 is 17.3 Å². The fourth-order valence-corrected chi connectivity index (χ4v) is 5.38. The fourth-order valence-electron chi connectivity index (χ4n) is 4.44. The van der Waals surface area contributed by atoms with Crippen LogP contribution in [-0.2, 0) is 17.3 Å². The first-order valence-corrected chi connectivity index (χ1v) is 13.7. The van der Waals surface area contributed by atoms with Gasteiger partial charge in [0, 0.05) is 4.88 Å². The highest BCUT2D eigenvalue weighted by Crippen LogP contribution is 2.34. The summed E-state index contributed by atoms with van der Waals surface area (Å²) in [6, 6.07) is 13.0. The van der Waals surface area contributed by atoms with Crippen LogP contribution in [0, 0.1) is 13.8 Å². The van der Waals surface area contributed by atoms with Gasteiger partial charge in [-0.2, -0.15) is 13.2 Å². The highest BCUT2D eigenvalue weighted by molar-refractivity contribution is 7.13. The number of hydrogen-bond donors (Lipinski definition) is 0. The summed E-state index contributed by atoms with van der Waals surface area (Å²) in [6.07, 6.45) is 3.96. The molecule has 0 spiro atoms. The number of carbonyl (C=O) groups is 1. The summed E-state index contributed by atoms with van der Waals surface area (Å²) in [5.41, 5.74) is 4.17. The minimum atomic E-state index is -4.35. The molecule has 204 valence electrons. The van der Waals surface area contributed by atoms with Crippen LogP contribution < -0.4 is 4.74 Å². The van der Waals surface area contributed by atoms with E-state index in [0.717, 1.165) is 83.5 Å². The molecule has 3 nitrogen and oxygen atoms in total. The van der Waals surface area contributed by atoms with Crippen molar-refractivity contribution in [2.45, 2.75) is 65.5 Å². The monoisotopic (exact) mass is 544 g/mol. The minimum absolute atomic E-state index is 0.305. The zero-order valence-corrected chi connectivity index (χ0v) is 23.2. The van der Waals surface area contributed by atoms with Crippen molar-refractivity contribution < 1.29 is 27.4 Å². The standard InChI is InChI=1S/C31H35F3O3S/c1-5-6-7-9-23(10-8-11-27-16-17-28(38-27)30(35)36-4)20-37-26-18-21(2)29(22(3)19-26)24-12-14-25(15-13-24)31(32,33)34/h10,12-19H,5-9,11,20H2,1-4H3. The number of unbranched alkanes of at least 4 members (excludes halogenated alkanes) is 2. The van der Waals surface area contributed by atoms with Gasteiger partial charge >= 0.3 is 12.1 Å². The molecule has 1 heterocycles. The quantitative estimate of drug-likeness (QED) is 0.129. The second-order valence-corrected chi connectivity index (χ2v) is 10.6. The Morgan fingerprint density at radius 2 is 1.68 bits per heavy atom. The molecule has 0 unspecified atom stereocenters. The highest BCUT2D eigenvalue weighted by atomic mass is 32.1. The Morgan fingerprint density at radius 3 is 2.29 bits per heavy atom. The third kappa shape index (κ3) is 8.22. The molecule has 0 atom stereocenters. The molecular formula is C31H35F3O3S. The lowest BCUT2D eigenvalue weighted by molar-refractivity contribution is -0.137. The topological polar surface area (TPSA) is 35.5 Å². The van der Waals surface area contributed by atoms with Crippen molar-refractivity contribution in [3.05, 3.63) is 86.6 Å². The number of alkyl halides is 3. The Kier molecular flexibility index (Phi) is 10.6. The van der Waals surface area contributed by atoms with E-state index in [-0.39, 0.29) is 5.97 Å². The average molecular weight is 545 g/mol. The molecule has 38 heavy (non-hydrogen) atoms. The number of esters is 1. The summed E-state index contributed by atoms with van der Waals surface area (Å²) in [5, 5.41) is 0. The summed E-state index contributed by atoms with van der Waals surface area (Å²) in [7, 11) is 1.39. The van der Waals surface area contributed by atoms with Gasteiger partial charge in [-0.15, -0.1) is 11.3 Å². The van der Waals surface area contributed by atoms with Crippen LogP contribution in [0.25, 0.3) is 11.1 Å². The second-order valence-electron chi connectivity index (χ2n) is 9.41. The van der Waals surface area contributed by atoms with Crippen molar-refractivity contribution in [3.63, 3.8) is 0 Å². The van der Waals surface area contributed by atoms with Gasteiger partial charge in [0.25, 0.3) is 0 Å². The third-order valence-electron chi connectivity index (χ3n) is 6.40. The van der Waals surface area contributed by atoms with E-state index in [1.165, 1.54) is 36.2 Å². The van der Waals surface area contributed by atoms with Gasteiger partial charge in [0.15, 0.2) is 0 Å². The number of halogens is 3.